The third-order valence-corrected chi connectivity index (χ3v) is 4.37. The van der Waals surface area contributed by atoms with Crippen LogP contribution in [0.3, 0.4) is 0 Å². The highest BCUT2D eigenvalue weighted by Crippen LogP contribution is 2.33. The molecule has 0 unspecified atom stereocenters. The maximum absolute atomic E-state index is 12.4. The van der Waals surface area contributed by atoms with Crippen LogP contribution in [0.25, 0.3) is 5.57 Å². The van der Waals surface area contributed by atoms with E-state index in [-0.39, 0.29) is 18.1 Å². The monoisotopic (exact) mass is 324 g/mol. The van der Waals surface area contributed by atoms with Crippen LogP contribution >= 0.6 is 0 Å². The minimum Gasteiger partial charge on any atom is -0.338 e. The molecular weight excluding hydrogens is 304 g/mol. The van der Waals surface area contributed by atoms with Crippen molar-refractivity contribution in [1.82, 2.24) is 5.16 Å². The van der Waals surface area contributed by atoms with Crippen LogP contribution in [-0.2, 0) is 16.0 Å². The highest BCUT2D eigenvalue weighted by atomic mass is 16.5. The SMILES string of the molecule is CCc1noc(NC(=O)CC2=C(c3ccccc3)CCC2=O)c1C. The topological polar surface area (TPSA) is 72.2 Å². The smallest absolute Gasteiger partial charge is 0.234 e. The number of amides is 1. The number of benzene rings is 1. The minimum atomic E-state index is -0.254. The molecule has 24 heavy (non-hydrogen) atoms. The molecule has 124 valence electrons. The second-order valence-corrected chi connectivity index (χ2v) is 5.91. The van der Waals surface area contributed by atoms with Crippen molar-refractivity contribution in [3.8, 4) is 0 Å². The third-order valence-electron chi connectivity index (χ3n) is 4.37. The summed E-state index contributed by atoms with van der Waals surface area (Å²) in [7, 11) is 0. The molecule has 0 radical (unpaired) electrons. The Kier molecular flexibility index (Phi) is 4.60. The van der Waals surface area contributed by atoms with E-state index in [1.807, 2.05) is 44.2 Å². The van der Waals surface area contributed by atoms with Crippen LogP contribution in [0.1, 0.15) is 43.0 Å². The molecule has 0 fully saturated rings. The van der Waals surface area contributed by atoms with Gasteiger partial charge in [0.2, 0.25) is 11.8 Å². The molecule has 1 aromatic heterocycles. The largest absolute Gasteiger partial charge is 0.338 e. The van der Waals surface area contributed by atoms with E-state index in [2.05, 4.69) is 10.5 Å². The summed E-state index contributed by atoms with van der Waals surface area (Å²) >= 11 is 0. The van der Waals surface area contributed by atoms with Gasteiger partial charge in [0.1, 0.15) is 0 Å². The second-order valence-electron chi connectivity index (χ2n) is 5.91. The van der Waals surface area contributed by atoms with Gasteiger partial charge in [-0.05, 0) is 30.9 Å². The molecule has 5 nitrogen and oxygen atoms in total. The van der Waals surface area contributed by atoms with Crippen molar-refractivity contribution in [1.29, 1.82) is 0 Å². The minimum absolute atomic E-state index is 0.0487. The van der Waals surface area contributed by atoms with E-state index in [1.54, 1.807) is 0 Å². The lowest BCUT2D eigenvalue weighted by Gasteiger charge is -2.07. The number of allylic oxidation sites excluding steroid dienone is 1. The van der Waals surface area contributed by atoms with E-state index >= 15 is 0 Å². The number of hydrogen-bond acceptors (Lipinski definition) is 4. The van der Waals surface area contributed by atoms with E-state index in [9.17, 15) is 9.59 Å². The van der Waals surface area contributed by atoms with Crippen molar-refractivity contribution >= 4 is 23.1 Å². The Balaban J connectivity index is 1.79. The van der Waals surface area contributed by atoms with Crippen LogP contribution in [-0.4, -0.2) is 16.8 Å². The molecule has 0 saturated carbocycles. The van der Waals surface area contributed by atoms with Gasteiger partial charge >= 0.3 is 0 Å². The summed E-state index contributed by atoms with van der Waals surface area (Å²) in [5.74, 6) is 0.160. The molecule has 1 aromatic carbocycles. The van der Waals surface area contributed by atoms with Gasteiger partial charge < -0.3 is 4.52 Å². The van der Waals surface area contributed by atoms with Gasteiger partial charge in [0.05, 0.1) is 12.1 Å². The van der Waals surface area contributed by atoms with Crippen LogP contribution in [0.15, 0.2) is 40.4 Å². The Morgan fingerprint density at radius 1 is 1.25 bits per heavy atom. The Morgan fingerprint density at radius 2 is 2.00 bits per heavy atom. The number of aryl methyl sites for hydroxylation is 1. The van der Waals surface area contributed by atoms with Crippen molar-refractivity contribution in [2.45, 2.75) is 39.5 Å². The summed E-state index contributed by atoms with van der Waals surface area (Å²) in [6.45, 7) is 3.84. The third kappa shape index (κ3) is 3.15. The highest BCUT2D eigenvalue weighted by Gasteiger charge is 2.26. The van der Waals surface area contributed by atoms with Crippen molar-refractivity contribution in [3.63, 3.8) is 0 Å². The zero-order valence-electron chi connectivity index (χ0n) is 13.9. The van der Waals surface area contributed by atoms with Gasteiger partial charge in [-0.1, -0.05) is 42.4 Å². The van der Waals surface area contributed by atoms with E-state index < -0.39 is 0 Å². The number of rotatable bonds is 5. The van der Waals surface area contributed by atoms with Gasteiger partial charge in [-0.3, -0.25) is 14.9 Å². The number of anilines is 1. The molecule has 0 aliphatic heterocycles. The predicted molar refractivity (Wildman–Crippen MR) is 91.5 cm³/mol. The first-order chi connectivity index (χ1) is 11.6. The molecule has 1 aliphatic rings. The number of nitrogens with one attached hydrogen (secondary N) is 1. The van der Waals surface area contributed by atoms with E-state index in [0.29, 0.717) is 24.3 Å². The Hall–Kier alpha value is -2.69. The summed E-state index contributed by atoms with van der Waals surface area (Å²) in [5, 5.41) is 6.66. The molecule has 0 bridgehead atoms. The second kappa shape index (κ2) is 6.83. The Morgan fingerprint density at radius 3 is 2.67 bits per heavy atom. The molecule has 0 spiro atoms. The summed E-state index contributed by atoms with van der Waals surface area (Å²) in [6.07, 6.45) is 1.96. The zero-order valence-corrected chi connectivity index (χ0v) is 13.9. The first-order valence-corrected chi connectivity index (χ1v) is 8.15. The van der Waals surface area contributed by atoms with E-state index in [0.717, 1.165) is 28.8 Å². The van der Waals surface area contributed by atoms with Gasteiger partial charge in [0, 0.05) is 17.6 Å². The van der Waals surface area contributed by atoms with Gasteiger partial charge in [-0.2, -0.15) is 0 Å². The fraction of sp³-hybridized carbons (Fsp3) is 0.316. The van der Waals surface area contributed by atoms with Crippen LogP contribution < -0.4 is 5.32 Å². The quantitative estimate of drug-likeness (QED) is 0.910. The summed E-state index contributed by atoms with van der Waals surface area (Å²) in [6, 6.07) is 9.76. The van der Waals surface area contributed by atoms with E-state index in [1.165, 1.54) is 0 Å². The standard InChI is InChI=1S/C19H20N2O3/c1-3-16-12(2)19(24-21-16)20-18(23)11-15-14(9-10-17(15)22)13-7-5-4-6-8-13/h4-8H,3,9-11H2,1-2H3,(H,20,23). The number of hydrogen-bond donors (Lipinski definition) is 1. The first kappa shape index (κ1) is 16.2. The molecule has 1 aliphatic carbocycles. The molecule has 2 aromatic rings. The Bertz CT molecular complexity index is 803. The summed E-state index contributed by atoms with van der Waals surface area (Å²) < 4.78 is 5.18. The normalized spacial score (nSPS) is 14.3. The number of carbonyl (C=O) groups is 2. The number of aromatic nitrogens is 1. The average Bonchev–Trinajstić information content (AvgIpc) is 3.12. The lowest BCUT2D eigenvalue weighted by atomic mass is 10.00. The number of ketones is 1. The van der Waals surface area contributed by atoms with Gasteiger partial charge in [0.25, 0.3) is 0 Å². The van der Waals surface area contributed by atoms with Crippen LogP contribution in [0.2, 0.25) is 0 Å². The van der Waals surface area contributed by atoms with Crippen molar-refractivity contribution in [2.24, 2.45) is 0 Å². The predicted octanol–water partition coefficient (Wildman–Crippen LogP) is 3.69. The van der Waals surface area contributed by atoms with Gasteiger partial charge in [0.15, 0.2) is 5.78 Å². The number of Topliss-reactive ketones (excluding diaryl/α,β-unsaturated/α-hetero) is 1. The molecule has 1 amide bonds. The molecule has 5 heteroatoms. The fourth-order valence-electron chi connectivity index (χ4n) is 3.02. The summed E-state index contributed by atoms with van der Waals surface area (Å²) in [5.41, 5.74) is 4.24. The molecule has 3 rings (SSSR count). The zero-order chi connectivity index (χ0) is 17.1. The first-order valence-electron chi connectivity index (χ1n) is 8.15. The fourth-order valence-corrected chi connectivity index (χ4v) is 3.02. The highest BCUT2D eigenvalue weighted by molar-refractivity contribution is 6.11. The lowest BCUT2D eigenvalue weighted by molar-refractivity contribution is -0.119. The number of carbonyl (C=O) groups excluding carboxylic acids is 2. The average molecular weight is 324 g/mol. The van der Waals surface area contributed by atoms with Crippen molar-refractivity contribution in [2.75, 3.05) is 5.32 Å². The number of nitrogens with zero attached hydrogens (tertiary/aromatic N) is 1. The summed E-state index contributed by atoms with van der Waals surface area (Å²) in [4.78, 5) is 24.5. The van der Waals surface area contributed by atoms with Crippen molar-refractivity contribution < 1.29 is 14.1 Å². The van der Waals surface area contributed by atoms with Crippen LogP contribution in [0.4, 0.5) is 5.88 Å². The molecule has 1 heterocycles. The van der Waals surface area contributed by atoms with Crippen LogP contribution in [0.5, 0.6) is 0 Å². The maximum Gasteiger partial charge on any atom is 0.234 e. The Labute approximate surface area is 140 Å². The lowest BCUT2D eigenvalue weighted by Crippen LogP contribution is -2.14. The maximum atomic E-state index is 12.4. The van der Waals surface area contributed by atoms with Gasteiger partial charge in [-0.15, -0.1) is 0 Å². The van der Waals surface area contributed by atoms with Crippen LogP contribution in [0, 0.1) is 6.92 Å². The molecule has 1 N–H and O–H groups in total. The van der Waals surface area contributed by atoms with Gasteiger partial charge in [-0.25, -0.2) is 0 Å². The van der Waals surface area contributed by atoms with Crippen molar-refractivity contribution in [3.05, 3.63) is 52.7 Å². The van der Waals surface area contributed by atoms with E-state index in [4.69, 9.17) is 4.52 Å². The molecule has 0 saturated heterocycles. The molecule has 0 atom stereocenters. The molecular formula is C19H20N2O3.